The maximum Gasteiger partial charge on any atom is 0.124 e. The molecule has 0 aliphatic carbocycles. The van der Waals surface area contributed by atoms with E-state index >= 15 is 0 Å². The summed E-state index contributed by atoms with van der Waals surface area (Å²) >= 11 is 0. The van der Waals surface area contributed by atoms with E-state index in [1.165, 1.54) is 0 Å². The number of nitrogens with zero attached hydrogens (tertiary/aromatic N) is 1. The van der Waals surface area contributed by atoms with Crippen LogP contribution in [0.15, 0.2) is 43.5 Å². The maximum absolute atomic E-state index is 10.4. The monoisotopic (exact) mass is 275 g/mol. The molecule has 1 atom stereocenters. The Morgan fingerprint density at radius 2 is 1.95 bits per heavy atom. The Morgan fingerprint density at radius 3 is 2.50 bits per heavy atom. The normalized spacial score (nSPS) is 12.2. The Hall–Kier alpha value is -1.58. The summed E-state index contributed by atoms with van der Waals surface area (Å²) in [5, 5.41) is 10.4. The Balaban J connectivity index is 2.70. The Morgan fingerprint density at radius 1 is 1.30 bits per heavy atom. The van der Waals surface area contributed by atoms with Crippen LogP contribution in [0.3, 0.4) is 0 Å². The highest BCUT2D eigenvalue weighted by atomic mass is 16.5. The second kappa shape index (κ2) is 8.56. The van der Waals surface area contributed by atoms with Gasteiger partial charge >= 0.3 is 0 Å². The molecule has 1 aromatic carbocycles. The third kappa shape index (κ3) is 4.83. The minimum absolute atomic E-state index is 0.526. The SMILES string of the molecule is C=CCN(CC=C)CCC(O)c1cc(C)ccc1OC. The molecule has 0 heterocycles. The predicted octanol–water partition coefficient (Wildman–Crippen LogP) is 3.10. The molecule has 0 spiro atoms. The molecule has 0 fully saturated rings. The van der Waals surface area contributed by atoms with Gasteiger partial charge in [0.2, 0.25) is 0 Å². The molecule has 3 heteroatoms. The molecule has 1 rings (SSSR count). The second-order valence-electron chi connectivity index (χ2n) is 4.89. The summed E-state index contributed by atoms with van der Waals surface area (Å²) in [6, 6.07) is 5.87. The first-order chi connectivity index (χ1) is 9.62. The fourth-order valence-electron chi connectivity index (χ4n) is 2.20. The molecule has 0 aliphatic heterocycles. The topological polar surface area (TPSA) is 32.7 Å². The van der Waals surface area contributed by atoms with E-state index in [0.717, 1.165) is 36.5 Å². The molecule has 110 valence electrons. The summed E-state index contributed by atoms with van der Waals surface area (Å²) < 4.78 is 5.32. The quantitative estimate of drug-likeness (QED) is 0.703. The van der Waals surface area contributed by atoms with Gasteiger partial charge < -0.3 is 9.84 Å². The van der Waals surface area contributed by atoms with Crippen molar-refractivity contribution < 1.29 is 9.84 Å². The van der Waals surface area contributed by atoms with Crippen LogP contribution in [0, 0.1) is 6.92 Å². The lowest BCUT2D eigenvalue weighted by Crippen LogP contribution is -2.26. The van der Waals surface area contributed by atoms with Gasteiger partial charge in [-0.15, -0.1) is 13.2 Å². The molecule has 1 N–H and O–H groups in total. The summed E-state index contributed by atoms with van der Waals surface area (Å²) in [7, 11) is 1.63. The van der Waals surface area contributed by atoms with Gasteiger partial charge in [-0.3, -0.25) is 4.90 Å². The summed E-state index contributed by atoms with van der Waals surface area (Å²) in [5.41, 5.74) is 1.97. The Labute approximate surface area is 122 Å². The third-order valence-electron chi connectivity index (χ3n) is 3.24. The number of ether oxygens (including phenoxy) is 1. The van der Waals surface area contributed by atoms with Gasteiger partial charge in [0.1, 0.15) is 5.75 Å². The number of benzene rings is 1. The van der Waals surface area contributed by atoms with Gasteiger partial charge in [0.15, 0.2) is 0 Å². The third-order valence-corrected chi connectivity index (χ3v) is 3.24. The largest absolute Gasteiger partial charge is 0.496 e. The van der Waals surface area contributed by atoms with Crippen LogP contribution in [-0.2, 0) is 0 Å². The van der Waals surface area contributed by atoms with Crippen molar-refractivity contribution in [3.8, 4) is 5.75 Å². The lowest BCUT2D eigenvalue weighted by molar-refractivity contribution is 0.145. The first-order valence-corrected chi connectivity index (χ1v) is 6.89. The zero-order valence-electron chi connectivity index (χ0n) is 12.5. The van der Waals surface area contributed by atoms with Crippen LogP contribution in [-0.4, -0.2) is 36.8 Å². The van der Waals surface area contributed by atoms with E-state index in [4.69, 9.17) is 4.74 Å². The van der Waals surface area contributed by atoms with Crippen molar-refractivity contribution in [2.75, 3.05) is 26.7 Å². The zero-order chi connectivity index (χ0) is 15.0. The summed E-state index contributed by atoms with van der Waals surface area (Å²) in [4.78, 5) is 2.19. The van der Waals surface area contributed by atoms with E-state index in [1.54, 1.807) is 7.11 Å². The molecule has 20 heavy (non-hydrogen) atoms. The highest BCUT2D eigenvalue weighted by Crippen LogP contribution is 2.28. The van der Waals surface area contributed by atoms with Crippen molar-refractivity contribution in [1.29, 1.82) is 0 Å². The van der Waals surface area contributed by atoms with Crippen molar-refractivity contribution in [3.63, 3.8) is 0 Å². The second-order valence-corrected chi connectivity index (χ2v) is 4.89. The number of aliphatic hydroxyl groups excluding tert-OH is 1. The maximum atomic E-state index is 10.4. The van der Waals surface area contributed by atoms with Gasteiger partial charge in [-0.1, -0.05) is 23.8 Å². The highest BCUT2D eigenvalue weighted by Gasteiger charge is 2.14. The summed E-state index contributed by atoms with van der Waals surface area (Å²) in [6.45, 7) is 11.9. The van der Waals surface area contributed by atoms with Crippen molar-refractivity contribution in [2.45, 2.75) is 19.4 Å². The van der Waals surface area contributed by atoms with Gasteiger partial charge in [-0.05, 0) is 25.5 Å². The molecular formula is C17H25NO2. The average Bonchev–Trinajstić information content (AvgIpc) is 2.45. The molecule has 3 nitrogen and oxygen atoms in total. The van der Waals surface area contributed by atoms with Gasteiger partial charge in [0, 0.05) is 25.2 Å². The first-order valence-electron chi connectivity index (χ1n) is 6.89. The molecule has 0 aromatic heterocycles. The number of aliphatic hydroxyl groups is 1. The van der Waals surface area contributed by atoms with E-state index in [0.29, 0.717) is 6.42 Å². The lowest BCUT2D eigenvalue weighted by Gasteiger charge is -2.21. The standard InChI is InChI=1S/C17H25NO2/c1-5-10-18(11-6-2)12-9-16(19)15-13-14(3)7-8-17(15)20-4/h5-8,13,16,19H,1-2,9-12H2,3-4H3. The lowest BCUT2D eigenvalue weighted by atomic mass is 10.0. The van der Waals surface area contributed by atoms with Crippen molar-refractivity contribution in [1.82, 2.24) is 4.90 Å². The van der Waals surface area contributed by atoms with Crippen LogP contribution in [0.1, 0.15) is 23.7 Å². The van der Waals surface area contributed by atoms with E-state index < -0.39 is 6.10 Å². The van der Waals surface area contributed by atoms with Crippen molar-refractivity contribution in [2.24, 2.45) is 0 Å². The minimum atomic E-state index is -0.526. The van der Waals surface area contributed by atoms with Crippen LogP contribution in [0.2, 0.25) is 0 Å². The molecule has 1 aromatic rings. The number of hydrogen-bond donors (Lipinski definition) is 1. The van der Waals surface area contributed by atoms with Crippen LogP contribution < -0.4 is 4.74 Å². The fourth-order valence-corrected chi connectivity index (χ4v) is 2.20. The number of aryl methyl sites for hydroxylation is 1. The Bertz CT molecular complexity index is 433. The van der Waals surface area contributed by atoms with Gasteiger partial charge in [0.25, 0.3) is 0 Å². The molecule has 0 saturated heterocycles. The van der Waals surface area contributed by atoms with Crippen LogP contribution >= 0.6 is 0 Å². The fraction of sp³-hybridized carbons (Fsp3) is 0.412. The Kier molecular flexibility index (Phi) is 7.05. The zero-order valence-corrected chi connectivity index (χ0v) is 12.5. The first kappa shape index (κ1) is 16.5. The van der Waals surface area contributed by atoms with Crippen LogP contribution in [0.4, 0.5) is 0 Å². The molecule has 0 amide bonds. The van der Waals surface area contributed by atoms with Crippen molar-refractivity contribution in [3.05, 3.63) is 54.6 Å². The van der Waals surface area contributed by atoms with Crippen LogP contribution in [0.5, 0.6) is 5.75 Å². The average molecular weight is 275 g/mol. The van der Waals surface area contributed by atoms with E-state index in [-0.39, 0.29) is 0 Å². The predicted molar refractivity (Wildman–Crippen MR) is 84.1 cm³/mol. The van der Waals surface area contributed by atoms with Crippen LogP contribution in [0.25, 0.3) is 0 Å². The summed E-state index contributed by atoms with van der Waals surface area (Å²) in [6.07, 6.45) is 3.86. The number of rotatable bonds is 9. The summed E-state index contributed by atoms with van der Waals surface area (Å²) in [5.74, 6) is 0.738. The number of methoxy groups -OCH3 is 1. The molecule has 0 bridgehead atoms. The van der Waals surface area contributed by atoms with Crippen molar-refractivity contribution >= 4 is 0 Å². The molecule has 0 saturated carbocycles. The van der Waals surface area contributed by atoms with E-state index in [1.807, 2.05) is 37.3 Å². The molecule has 0 radical (unpaired) electrons. The van der Waals surface area contributed by atoms with E-state index in [9.17, 15) is 5.11 Å². The van der Waals surface area contributed by atoms with Gasteiger partial charge in [0.05, 0.1) is 13.2 Å². The van der Waals surface area contributed by atoms with E-state index in [2.05, 4.69) is 18.1 Å². The highest BCUT2D eigenvalue weighted by molar-refractivity contribution is 5.38. The van der Waals surface area contributed by atoms with Gasteiger partial charge in [-0.25, -0.2) is 0 Å². The molecular weight excluding hydrogens is 250 g/mol. The van der Waals surface area contributed by atoms with Gasteiger partial charge in [-0.2, -0.15) is 0 Å². The number of hydrogen-bond acceptors (Lipinski definition) is 3. The minimum Gasteiger partial charge on any atom is -0.496 e. The molecule has 1 unspecified atom stereocenters. The smallest absolute Gasteiger partial charge is 0.124 e. The molecule has 0 aliphatic rings.